The SMILES string of the molecule is COc1cc(C2CCCc3nc(SCc4c(F)cc(OCC#N)cc4F)n(-c4ccc(F)cc4)c32)ccc1Cl. The van der Waals surface area contributed by atoms with E-state index in [0.717, 1.165) is 48.3 Å². The van der Waals surface area contributed by atoms with Crippen LogP contribution in [0.25, 0.3) is 5.69 Å². The smallest absolute Gasteiger partial charge is 0.174 e. The first-order valence-corrected chi connectivity index (χ1v) is 13.6. The molecule has 0 bridgehead atoms. The molecule has 4 aromatic rings. The number of nitriles is 1. The van der Waals surface area contributed by atoms with Crippen LogP contribution >= 0.6 is 23.4 Å². The minimum Gasteiger partial charge on any atom is -0.495 e. The second kappa shape index (κ2) is 11.6. The monoisotopic (exact) mass is 569 g/mol. The Bertz CT molecular complexity index is 1530. The van der Waals surface area contributed by atoms with Crippen LogP contribution < -0.4 is 9.47 Å². The fourth-order valence-electron chi connectivity index (χ4n) is 4.81. The maximum absolute atomic E-state index is 14.8. The Morgan fingerprint density at radius 2 is 1.85 bits per heavy atom. The Morgan fingerprint density at radius 1 is 1.10 bits per heavy atom. The highest BCUT2D eigenvalue weighted by Crippen LogP contribution is 2.43. The third-order valence-corrected chi connectivity index (χ3v) is 7.90. The summed E-state index contributed by atoms with van der Waals surface area (Å²) < 4.78 is 55.9. The van der Waals surface area contributed by atoms with E-state index < -0.39 is 11.6 Å². The van der Waals surface area contributed by atoms with Gasteiger partial charge in [0.1, 0.15) is 35.0 Å². The van der Waals surface area contributed by atoms with Gasteiger partial charge < -0.3 is 9.47 Å². The molecule has 0 N–H and O–H groups in total. The average molecular weight is 570 g/mol. The molecule has 0 amide bonds. The van der Waals surface area contributed by atoms with Gasteiger partial charge >= 0.3 is 0 Å². The van der Waals surface area contributed by atoms with Crippen molar-refractivity contribution in [1.29, 1.82) is 5.26 Å². The molecule has 1 aromatic heterocycles. The lowest BCUT2D eigenvalue weighted by Crippen LogP contribution is -2.15. The predicted molar refractivity (Wildman–Crippen MR) is 143 cm³/mol. The van der Waals surface area contributed by atoms with Gasteiger partial charge in [-0.05, 0) is 61.2 Å². The van der Waals surface area contributed by atoms with Crippen LogP contribution in [0, 0.1) is 28.8 Å². The third kappa shape index (κ3) is 5.58. The molecule has 10 heteroatoms. The van der Waals surface area contributed by atoms with Crippen LogP contribution in [0.3, 0.4) is 0 Å². The summed E-state index contributed by atoms with van der Waals surface area (Å²) in [5, 5.41) is 9.71. The maximum atomic E-state index is 14.8. The van der Waals surface area contributed by atoms with Crippen molar-refractivity contribution in [2.45, 2.75) is 36.1 Å². The number of thioether (sulfide) groups is 1. The predicted octanol–water partition coefficient (Wildman–Crippen LogP) is 7.61. The zero-order valence-corrected chi connectivity index (χ0v) is 22.5. The lowest BCUT2D eigenvalue weighted by atomic mass is 9.84. The van der Waals surface area contributed by atoms with E-state index in [2.05, 4.69) is 0 Å². The standard InChI is InChI=1S/C29H23ClF3N3O2S/c1-37-27-13-17(5-10-23(27)30)21-3-2-4-26-28(21)36(19-8-6-18(31)7-9-19)29(35-26)39-16-22-24(32)14-20(15-25(22)33)38-12-11-34/h5-10,13-15,21H,2-4,12,16H2,1H3. The van der Waals surface area contributed by atoms with Crippen molar-refractivity contribution in [3.63, 3.8) is 0 Å². The number of aryl methyl sites for hydroxylation is 1. The first-order chi connectivity index (χ1) is 18.9. The van der Waals surface area contributed by atoms with Gasteiger partial charge in [-0.3, -0.25) is 4.57 Å². The Labute approximate surface area is 233 Å². The molecular weight excluding hydrogens is 547 g/mol. The number of aromatic nitrogens is 2. The van der Waals surface area contributed by atoms with E-state index >= 15 is 0 Å². The van der Waals surface area contributed by atoms with E-state index in [4.69, 9.17) is 31.3 Å². The molecule has 5 rings (SSSR count). The quantitative estimate of drug-likeness (QED) is 0.204. The van der Waals surface area contributed by atoms with Gasteiger partial charge in [0.25, 0.3) is 0 Å². The number of nitrogens with zero attached hydrogens (tertiary/aromatic N) is 3. The highest BCUT2D eigenvalue weighted by molar-refractivity contribution is 7.98. The molecule has 0 radical (unpaired) electrons. The molecule has 1 heterocycles. The van der Waals surface area contributed by atoms with Crippen molar-refractivity contribution >= 4 is 23.4 Å². The number of hydrogen-bond donors (Lipinski definition) is 0. The van der Waals surface area contributed by atoms with Crippen molar-refractivity contribution in [2.24, 2.45) is 0 Å². The van der Waals surface area contributed by atoms with Crippen LogP contribution in [0.4, 0.5) is 13.2 Å². The van der Waals surface area contributed by atoms with E-state index in [-0.39, 0.29) is 35.4 Å². The number of hydrogen-bond acceptors (Lipinski definition) is 5. The van der Waals surface area contributed by atoms with Gasteiger partial charge in [0.2, 0.25) is 0 Å². The van der Waals surface area contributed by atoms with E-state index in [9.17, 15) is 13.2 Å². The molecule has 0 fully saturated rings. The molecule has 39 heavy (non-hydrogen) atoms. The molecular formula is C29H23ClF3N3O2S. The summed E-state index contributed by atoms with van der Waals surface area (Å²) in [6.45, 7) is -0.311. The van der Waals surface area contributed by atoms with Crippen LogP contribution in [0.2, 0.25) is 5.02 Å². The van der Waals surface area contributed by atoms with Crippen molar-refractivity contribution < 1.29 is 22.6 Å². The Hall–Kier alpha value is -3.61. The number of halogens is 4. The minimum atomic E-state index is -0.772. The Kier molecular flexibility index (Phi) is 8.05. The fraction of sp³-hybridized carbons (Fsp3) is 0.241. The number of benzene rings is 3. The second-order valence-electron chi connectivity index (χ2n) is 8.98. The summed E-state index contributed by atoms with van der Waals surface area (Å²) in [6, 6.07) is 15.7. The second-order valence-corrected chi connectivity index (χ2v) is 10.3. The van der Waals surface area contributed by atoms with Crippen LogP contribution in [-0.4, -0.2) is 23.3 Å². The molecule has 0 aliphatic heterocycles. The molecule has 0 saturated carbocycles. The Morgan fingerprint density at radius 3 is 2.54 bits per heavy atom. The zero-order valence-electron chi connectivity index (χ0n) is 20.9. The summed E-state index contributed by atoms with van der Waals surface area (Å²) in [6.07, 6.45) is 2.49. The third-order valence-electron chi connectivity index (χ3n) is 6.62. The molecule has 1 aliphatic carbocycles. The van der Waals surface area contributed by atoms with Gasteiger partial charge in [-0.2, -0.15) is 5.26 Å². The first kappa shape index (κ1) is 27.0. The van der Waals surface area contributed by atoms with Gasteiger partial charge in [0.05, 0.1) is 23.5 Å². The van der Waals surface area contributed by atoms with Crippen LogP contribution in [0.5, 0.6) is 11.5 Å². The summed E-state index contributed by atoms with van der Waals surface area (Å²) in [5.74, 6) is -1.48. The average Bonchev–Trinajstić information content (AvgIpc) is 3.30. The van der Waals surface area contributed by atoms with Crippen LogP contribution in [0.15, 0.2) is 59.8 Å². The van der Waals surface area contributed by atoms with Crippen molar-refractivity contribution in [3.05, 3.63) is 99.6 Å². The number of rotatable bonds is 8. The maximum Gasteiger partial charge on any atom is 0.174 e. The minimum absolute atomic E-state index is 0.0350. The number of methoxy groups -OCH3 is 1. The molecule has 200 valence electrons. The molecule has 0 saturated heterocycles. The summed E-state index contributed by atoms with van der Waals surface area (Å²) >= 11 is 7.47. The number of ether oxygens (including phenoxy) is 2. The van der Waals surface area contributed by atoms with Gasteiger partial charge in [-0.15, -0.1) is 0 Å². The first-order valence-electron chi connectivity index (χ1n) is 12.2. The lowest BCUT2D eigenvalue weighted by molar-refractivity contribution is 0.362. The molecule has 1 aliphatic rings. The summed E-state index contributed by atoms with van der Waals surface area (Å²) in [5.41, 5.74) is 3.40. The highest BCUT2D eigenvalue weighted by atomic mass is 35.5. The lowest BCUT2D eigenvalue weighted by Gasteiger charge is -2.26. The fourth-order valence-corrected chi connectivity index (χ4v) is 6.07. The highest BCUT2D eigenvalue weighted by Gasteiger charge is 2.31. The number of imidazole rings is 1. The van der Waals surface area contributed by atoms with Gasteiger partial charge in [-0.1, -0.05) is 29.4 Å². The van der Waals surface area contributed by atoms with Gasteiger partial charge in [0.15, 0.2) is 11.8 Å². The van der Waals surface area contributed by atoms with E-state index in [0.29, 0.717) is 21.6 Å². The van der Waals surface area contributed by atoms with Crippen molar-refractivity contribution in [3.8, 4) is 23.3 Å². The number of fused-ring (bicyclic) bond motifs is 1. The molecule has 5 nitrogen and oxygen atoms in total. The van der Waals surface area contributed by atoms with E-state index in [1.54, 1.807) is 31.4 Å². The van der Waals surface area contributed by atoms with Gasteiger partial charge in [-0.25, -0.2) is 18.2 Å². The summed E-state index contributed by atoms with van der Waals surface area (Å²) in [7, 11) is 1.56. The van der Waals surface area contributed by atoms with Gasteiger partial charge in [0, 0.05) is 35.1 Å². The topological polar surface area (TPSA) is 60.1 Å². The van der Waals surface area contributed by atoms with Crippen LogP contribution in [-0.2, 0) is 12.2 Å². The zero-order chi connectivity index (χ0) is 27.5. The largest absolute Gasteiger partial charge is 0.495 e. The molecule has 0 spiro atoms. The van der Waals surface area contributed by atoms with Crippen LogP contribution in [0.1, 0.15) is 41.3 Å². The van der Waals surface area contributed by atoms with Crippen molar-refractivity contribution in [2.75, 3.05) is 13.7 Å². The summed E-state index contributed by atoms with van der Waals surface area (Å²) in [4.78, 5) is 4.89. The Balaban J connectivity index is 1.56. The van der Waals surface area contributed by atoms with E-state index in [1.165, 1.54) is 23.9 Å². The molecule has 3 aromatic carbocycles. The molecule has 1 atom stereocenters. The van der Waals surface area contributed by atoms with Crippen molar-refractivity contribution in [1.82, 2.24) is 9.55 Å². The molecule has 1 unspecified atom stereocenters. The van der Waals surface area contributed by atoms with E-state index in [1.807, 2.05) is 16.7 Å². The normalized spacial score (nSPS) is 14.5.